The number of carbonyl (C=O) groups is 2. The maximum Gasteiger partial charge on any atom is 0.341 e. The Hall–Kier alpha value is -2.29. The second kappa shape index (κ2) is 9.77. The lowest BCUT2D eigenvalue weighted by molar-refractivity contribution is -0.907. The van der Waals surface area contributed by atoms with Gasteiger partial charge in [0.1, 0.15) is 29.5 Å². The fourth-order valence-electron chi connectivity index (χ4n) is 3.09. The third-order valence-electron chi connectivity index (χ3n) is 4.58. The molecular weight excluding hydrogens is 383 g/mol. The number of halogens is 1. The Labute approximate surface area is 167 Å². The molecule has 1 aromatic heterocycles. The molecule has 28 heavy (non-hydrogen) atoms. The minimum Gasteiger partial charge on any atom is -0.462 e. The summed E-state index contributed by atoms with van der Waals surface area (Å²) in [5.41, 5.74) is 1.63. The summed E-state index contributed by atoms with van der Waals surface area (Å²) < 4.78 is 23.7. The van der Waals surface area contributed by atoms with E-state index in [-0.39, 0.29) is 18.3 Å². The smallest absolute Gasteiger partial charge is 0.341 e. The SMILES string of the molecule is CCOC(=O)c1c(-c2ccc(F)cc2)csc1NC(=O)CC[NH+]1CCOCC1. The number of ether oxygens (including phenoxy) is 2. The summed E-state index contributed by atoms with van der Waals surface area (Å²) in [6.07, 6.45) is 0.362. The van der Waals surface area contributed by atoms with Crippen molar-refractivity contribution in [3.05, 3.63) is 41.0 Å². The molecule has 2 heterocycles. The molecule has 150 valence electrons. The molecule has 0 saturated carbocycles. The molecule has 1 amide bonds. The monoisotopic (exact) mass is 407 g/mol. The van der Waals surface area contributed by atoms with E-state index >= 15 is 0 Å². The minimum atomic E-state index is -0.503. The summed E-state index contributed by atoms with van der Waals surface area (Å²) >= 11 is 1.27. The zero-order valence-corrected chi connectivity index (χ0v) is 16.6. The molecule has 0 aliphatic carbocycles. The number of hydrogen-bond acceptors (Lipinski definition) is 5. The molecule has 8 heteroatoms. The lowest BCUT2D eigenvalue weighted by atomic mass is 10.0. The Bertz CT molecular complexity index is 816. The molecule has 1 fully saturated rings. The van der Waals surface area contributed by atoms with Gasteiger partial charge in [-0.2, -0.15) is 0 Å². The van der Waals surface area contributed by atoms with Gasteiger partial charge in [-0.25, -0.2) is 9.18 Å². The summed E-state index contributed by atoms with van der Waals surface area (Å²) in [7, 11) is 0. The standard InChI is InChI=1S/C20H23FN2O4S/c1-2-27-20(25)18-16(14-3-5-15(21)6-4-14)13-28-19(18)22-17(24)7-8-23-9-11-26-12-10-23/h3-6,13H,2,7-12H2,1H3,(H,22,24)/p+1. The van der Waals surface area contributed by atoms with Crippen molar-refractivity contribution in [1.82, 2.24) is 0 Å². The molecule has 0 atom stereocenters. The molecule has 2 N–H and O–H groups in total. The van der Waals surface area contributed by atoms with Crippen molar-refractivity contribution in [3.63, 3.8) is 0 Å². The number of thiophene rings is 1. The van der Waals surface area contributed by atoms with Crippen molar-refractivity contribution < 1.29 is 28.4 Å². The summed E-state index contributed by atoms with van der Waals surface area (Å²) in [6.45, 7) is 5.91. The lowest BCUT2D eigenvalue weighted by Crippen LogP contribution is -3.14. The van der Waals surface area contributed by atoms with Crippen LogP contribution in [0.2, 0.25) is 0 Å². The predicted octanol–water partition coefficient (Wildman–Crippen LogP) is 1.97. The summed E-state index contributed by atoms with van der Waals surface area (Å²) in [6, 6.07) is 5.89. The number of anilines is 1. The van der Waals surface area contributed by atoms with E-state index in [0.29, 0.717) is 28.1 Å². The molecule has 0 radical (unpaired) electrons. The molecule has 1 aliphatic heterocycles. The number of carbonyl (C=O) groups excluding carboxylic acids is 2. The average Bonchev–Trinajstić information content (AvgIpc) is 3.11. The van der Waals surface area contributed by atoms with Gasteiger partial charge in [0.15, 0.2) is 0 Å². The first-order chi connectivity index (χ1) is 13.6. The van der Waals surface area contributed by atoms with Gasteiger partial charge in [0.25, 0.3) is 0 Å². The zero-order chi connectivity index (χ0) is 19.9. The van der Waals surface area contributed by atoms with Gasteiger partial charge in [0.2, 0.25) is 5.91 Å². The number of benzene rings is 1. The third-order valence-corrected chi connectivity index (χ3v) is 5.48. The molecular formula is C20H24FN2O4S+. The number of amides is 1. The van der Waals surface area contributed by atoms with E-state index in [2.05, 4.69) is 5.32 Å². The first kappa shape index (κ1) is 20.4. The van der Waals surface area contributed by atoms with Crippen LogP contribution >= 0.6 is 11.3 Å². The van der Waals surface area contributed by atoms with E-state index < -0.39 is 5.97 Å². The fourth-order valence-corrected chi connectivity index (χ4v) is 4.06. The van der Waals surface area contributed by atoms with Crippen LogP contribution in [0.4, 0.5) is 9.39 Å². The van der Waals surface area contributed by atoms with E-state index in [4.69, 9.17) is 9.47 Å². The molecule has 3 rings (SSSR count). The average molecular weight is 407 g/mol. The maximum absolute atomic E-state index is 13.2. The molecule has 0 bridgehead atoms. The van der Waals surface area contributed by atoms with Crippen LogP contribution in [0.25, 0.3) is 11.1 Å². The lowest BCUT2D eigenvalue weighted by Gasteiger charge is -2.23. The van der Waals surface area contributed by atoms with Gasteiger partial charge in [0, 0.05) is 10.9 Å². The topological polar surface area (TPSA) is 69.1 Å². The second-order valence-corrected chi connectivity index (χ2v) is 7.37. The van der Waals surface area contributed by atoms with Crippen LogP contribution in [0, 0.1) is 5.82 Å². The third kappa shape index (κ3) is 5.15. The normalized spacial score (nSPS) is 14.6. The molecule has 2 aromatic rings. The highest BCUT2D eigenvalue weighted by molar-refractivity contribution is 7.15. The van der Waals surface area contributed by atoms with Crippen LogP contribution in [0.3, 0.4) is 0 Å². The summed E-state index contributed by atoms with van der Waals surface area (Å²) in [5.74, 6) is -0.995. The van der Waals surface area contributed by atoms with Crippen molar-refractivity contribution in [2.75, 3.05) is 44.8 Å². The van der Waals surface area contributed by atoms with E-state index in [9.17, 15) is 14.0 Å². The molecule has 1 saturated heterocycles. The quantitative estimate of drug-likeness (QED) is 0.689. The van der Waals surface area contributed by atoms with Crippen molar-refractivity contribution in [3.8, 4) is 11.1 Å². The number of rotatable bonds is 7. The highest BCUT2D eigenvalue weighted by Gasteiger charge is 2.23. The Kier molecular flexibility index (Phi) is 7.13. The van der Waals surface area contributed by atoms with Crippen LogP contribution in [0.15, 0.2) is 29.6 Å². The number of esters is 1. The van der Waals surface area contributed by atoms with E-state index in [0.717, 1.165) is 32.8 Å². The molecule has 0 unspecified atom stereocenters. The number of nitrogens with one attached hydrogen (secondary N) is 2. The van der Waals surface area contributed by atoms with Crippen molar-refractivity contribution in [2.24, 2.45) is 0 Å². The van der Waals surface area contributed by atoms with E-state index in [1.807, 2.05) is 0 Å². The van der Waals surface area contributed by atoms with Crippen molar-refractivity contribution in [1.29, 1.82) is 0 Å². The number of quaternary nitrogens is 1. The van der Waals surface area contributed by atoms with Crippen LogP contribution in [-0.2, 0) is 14.3 Å². The maximum atomic E-state index is 13.2. The second-order valence-electron chi connectivity index (χ2n) is 6.49. The van der Waals surface area contributed by atoms with Gasteiger partial charge in [-0.1, -0.05) is 12.1 Å². The summed E-state index contributed by atoms with van der Waals surface area (Å²) in [4.78, 5) is 26.3. The molecule has 1 aliphatic rings. The van der Waals surface area contributed by atoms with Crippen molar-refractivity contribution >= 4 is 28.2 Å². The molecule has 6 nitrogen and oxygen atoms in total. The Balaban J connectivity index is 1.75. The highest BCUT2D eigenvalue weighted by atomic mass is 32.1. The summed E-state index contributed by atoms with van der Waals surface area (Å²) in [5, 5.41) is 5.09. The predicted molar refractivity (Wildman–Crippen MR) is 105 cm³/mol. The van der Waals surface area contributed by atoms with Gasteiger partial charge < -0.3 is 19.7 Å². The number of hydrogen-bond donors (Lipinski definition) is 2. The van der Waals surface area contributed by atoms with Crippen LogP contribution < -0.4 is 10.2 Å². The van der Waals surface area contributed by atoms with Crippen LogP contribution in [0.5, 0.6) is 0 Å². The Morgan fingerprint density at radius 3 is 2.64 bits per heavy atom. The molecule has 0 spiro atoms. The van der Waals surface area contributed by atoms with Gasteiger partial charge in [-0.15, -0.1) is 11.3 Å². The van der Waals surface area contributed by atoms with E-state index in [1.54, 1.807) is 24.4 Å². The first-order valence-corrected chi connectivity index (χ1v) is 10.2. The van der Waals surface area contributed by atoms with Gasteiger partial charge in [-0.05, 0) is 24.6 Å². The first-order valence-electron chi connectivity index (χ1n) is 9.34. The van der Waals surface area contributed by atoms with Gasteiger partial charge in [-0.3, -0.25) is 4.79 Å². The van der Waals surface area contributed by atoms with E-state index in [1.165, 1.54) is 28.4 Å². The van der Waals surface area contributed by atoms with Crippen molar-refractivity contribution in [2.45, 2.75) is 13.3 Å². The van der Waals surface area contributed by atoms with Gasteiger partial charge >= 0.3 is 5.97 Å². The largest absolute Gasteiger partial charge is 0.462 e. The Morgan fingerprint density at radius 1 is 1.25 bits per heavy atom. The van der Waals surface area contributed by atoms with Crippen LogP contribution in [-0.4, -0.2) is 51.3 Å². The highest BCUT2D eigenvalue weighted by Crippen LogP contribution is 2.36. The minimum absolute atomic E-state index is 0.142. The zero-order valence-electron chi connectivity index (χ0n) is 15.8. The molecule has 1 aromatic carbocycles. The van der Waals surface area contributed by atoms with Crippen LogP contribution in [0.1, 0.15) is 23.7 Å². The van der Waals surface area contributed by atoms with Gasteiger partial charge in [0.05, 0.1) is 32.8 Å². The fraction of sp³-hybridized carbons (Fsp3) is 0.400. The number of morpholine rings is 1. The Morgan fingerprint density at radius 2 is 1.96 bits per heavy atom.